The summed E-state index contributed by atoms with van der Waals surface area (Å²) in [6, 6.07) is 4.04. The van der Waals surface area contributed by atoms with Crippen LogP contribution in [0.1, 0.15) is 40.8 Å². The number of rotatable bonds is 7. The van der Waals surface area contributed by atoms with Gasteiger partial charge in [0.2, 0.25) is 0 Å². The van der Waals surface area contributed by atoms with E-state index in [1.807, 2.05) is 19.9 Å². The Morgan fingerprint density at radius 2 is 1.96 bits per heavy atom. The number of ketones is 1. The Morgan fingerprint density at radius 1 is 1.25 bits per heavy atom. The maximum Gasteiger partial charge on any atom is 0.190 e. The predicted molar refractivity (Wildman–Crippen MR) is 99.7 cm³/mol. The summed E-state index contributed by atoms with van der Waals surface area (Å²) >= 11 is 0. The second-order valence-corrected chi connectivity index (χ2v) is 7.04. The molecular weight excluding hydrogens is 368 g/mol. The summed E-state index contributed by atoms with van der Waals surface area (Å²) < 4.78 is 45.1. The quantitative estimate of drug-likeness (QED) is 0.665. The molecule has 0 saturated carbocycles. The number of aryl methyl sites for hydroxylation is 2. The van der Waals surface area contributed by atoms with Gasteiger partial charge in [-0.15, -0.1) is 0 Å². The van der Waals surface area contributed by atoms with E-state index >= 15 is 0 Å². The van der Waals surface area contributed by atoms with Crippen LogP contribution in [0.15, 0.2) is 22.6 Å². The van der Waals surface area contributed by atoms with E-state index in [0.717, 1.165) is 35.8 Å². The first-order chi connectivity index (χ1) is 13.4. The molecule has 1 unspecified atom stereocenters. The molecule has 0 N–H and O–H groups in total. The zero-order valence-electron chi connectivity index (χ0n) is 16.4. The molecule has 7 heteroatoms. The molecule has 1 aliphatic rings. The van der Waals surface area contributed by atoms with Crippen LogP contribution in [0.3, 0.4) is 0 Å². The number of morpholine rings is 1. The number of benzene rings is 1. The van der Waals surface area contributed by atoms with E-state index in [9.17, 15) is 13.6 Å². The number of ether oxygens (including phenoxy) is 2. The van der Waals surface area contributed by atoms with Crippen LogP contribution in [0.5, 0.6) is 5.75 Å². The van der Waals surface area contributed by atoms with E-state index in [2.05, 4.69) is 4.90 Å². The zero-order chi connectivity index (χ0) is 20.3. The fraction of sp³-hybridized carbons (Fsp3) is 0.476. The number of halogens is 2. The van der Waals surface area contributed by atoms with Crippen molar-refractivity contribution < 1.29 is 27.5 Å². The van der Waals surface area contributed by atoms with Crippen molar-refractivity contribution >= 4 is 5.78 Å². The van der Waals surface area contributed by atoms with Gasteiger partial charge in [0.1, 0.15) is 24.2 Å². The molecule has 0 bridgehead atoms. The lowest BCUT2D eigenvalue weighted by Crippen LogP contribution is -2.44. The maximum absolute atomic E-state index is 14.2. The van der Waals surface area contributed by atoms with Gasteiger partial charge >= 0.3 is 0 Å². The Labute approximate surface area is 163 Å². The second-order valence-electron chi connectivity index (χ2n) is 7.04. The highest BCUT2D eigenvalue weighted by molar-refractivity contribution is 5.96. The largest absolute Gasteiger partial charge is 0.485 e. The number of hydrogen-bond acceptors (Lipinski definition) is 5. The molecule has 1 saturated heterocycles. The number of hydrogen-bond donors (Lipinski definition) is 0. The lowest BCUT2D eigenvalue weighted by Gasteiger charge is -2.32. The van der Waals surface area contributed by atoms with Crippen molar-refractivity contribution in [2.75, 3.05) is 26.3 Å². The zero-order valence-corrected chi connectivity index (χ0v) is 16.4. The molecular formula is C21H25F2NO4. The van der Waals surface area contributed by atoms with Gasteiger partial charge in [-0.2, -0.15) is 0 Å². The minimum Gasteiger partial charge on any atom is -0.485 e. The Kier molecular flexibility index (Phi) is 6.46. The van der Waals surface area contributed by atoms with Gasteiger partial charge in [0.25, 0.3) is 0 Å². The maximum atomic E-state index is 14.2. The highest BCUT2D eigenvalue weighted by Crippen LogP contribution is 2.25. The number of carbonyl (C=O) groups excluding carboxylic acids is 1. The lowest BCUT2D eigenvalue weighted by atomic mass is 10.1. The first-order valence-electron chi connectivity index (χ1n) is 9.42. The molecule has 2 heterocycles. The molecule has 0 radical (unpaired) electrons. The SMILES string of the molecule is CCC(=O)c1cc(F)c(OCC2CN(Cc3cc(C)c(C)o3)CCO2)c(F)c1. The van der Waals surface area contributed by atoms with E-state index in [0.29, 0.717) is 19.7 Å². The summed E-state index contributed by atoms with van der Waals surface area (Å²) in [5.74, 6) is -0.786. The van der Waals surface area contributed by atoms with Crippen LogP contribution >= 0.6 is 0 Å². The Bertz CT molecular complexity index is 806. The molecule has 1 atom stereocenters. The minimum atomic E-state index is -0.883. The monoisotopic (exact) mass is 393 g/mol. The van der Waals surface area contributed by atoms with Crippen LogP contribution in [-0.2, 0) is 11.3 Å². The van der Waals surface area contributed by atoms with Crippen molar-refractivity contribution in [1.82, 2.24) is 4.90 Å². The van der Waals surface area contributed by atoms with Crippen molar-refractivity contribution in [1.29, 1.82) is 0 Å². The van der Waals surface area contributed by atoms with E-state index in [-0.39, 0.29) is 30.5 Å². The van der Waals surface area contributed by atoms with Crippen molar-refractivity contribution in [3.8, 4) is 5.75 Å². The van der Waals surface area contributed by atoms with Crippen molar-refractivity contribution in [2.45, 2.75) is 39.8 Å². The van der Waals surface area contributed by atoms with E-state index in [1.165, 1.54) is 0 Å². The number of nitrogens with zero attached hydrogens (tertiary/aromatic N) is 1. The van der Waals surface area contributed by atoms with Gasteiger partial charge in [-0.25, -0.2) is 8.78 Å². The van der Waals surface area contributed by atoms with Crippen molar-refractivity contribution in [2.24, 2.45) is 0 Å². The first kappa shape index (κ1) is 20.5. The van der Waals surface area contributed by atoms with Gasteiger partial charge < -0.3 is 13.9 Å². The smallest absolute Gasteiger partial charge is 0.190 e. The lowest BCUT2D eigenvalue weighted by molar-refractivity contribution is -0.0527. The molecule has 1 aromatic carbocycles. The second kappa shape index (κ2) is 8.84. The van der Waals surface area contributed by atoms with Crippen molar-refractivity contribution in [3.63, 3.8) is 0 Å². The molecule has 1 aromatic heterocycles. The molecule has 3 rings (SSSR count). The summed E-state index contributed by atoms with van der Waals surface area (Å²) in [6.07, 6.45) is -0.138. The molecule has 5 nitrogen and oxygen atoms in total. The normalized spacial score (nSPS) is 17.7. The molecule has 1 aliphatic heterocycles. The van der Waals surface area contributed by atoms with E-state index in [1.54, 1.807) is 6.92 Å². The third-order valence-corrected chi connectivity index (χ3v) is 4.87. The third-order valence-electron chi connectivity index (χ3n) is 4.87. The summed E-state index contributed by atoms with van der Waals surface area (Å²) in [5.41, 5.74) is 1.12. The molecule has 1 fully saturated rings. The molecule has 0 spiro atoms. The van der Waals surface area contributed by atoms with Crippen LogP contribution in [0.2, 0.25) is 0 Å². The van der Waals surface area contributed by atoms with Gasteiger partial charge in [0.05, 0.1) is 13.2 Å². The average Bonchev–Trinajstić information content (AvgIpc) is 2.97. The fourth-order valence-electron chi connectivity index (χ4n) is 3.21. The highest BCUT2D eigenvalue weighted by atomic mass is 19.1. The van der Waals surface area contributed by atoms with Gasteiger partial charge in [0.15, 0.2) is 23.2 Å². The molecule has 2 aromatic rings. The van der Waals surface area contributed by atoms with Gasteiger partial charge in [-0.1, -0.05) is 6.92 Å². The van der Waals surface area contributed by atoms with Crippen molar-refractivity contribution in [3.05, 3.63) is 52.5 Å². The highest BCUT2D eigenvalue weighted by Gasteiger charge is 2.24. The Balaban J connectivity index is 1.59. The summed E-state index contributed by atoms with van der Waals surface area (Å²) in [7, 11) is 0. The topological polar surface area (TPSA) is 51.9 Å². The average molecular weight is 393 g/mol. The molecule has 28 heavy (non-hydrogen) atoms. The molecule has 152 valence electrons. The summed E-state index contributed by atoms with van der Waals surface area (Å²) in [4.78, 5) is 13.8. The van der Waals surface area contributed by atoms with Crippen LogP contribution in [0.4, 0.5) is 8.78 Å². The standard InChI is InChI=1S/C21H25F2NO4/c1-4-20(25)15-8-18(22)21(19(23)9-15)27-12-17-11-24(5-6-26-17)10-16-7-13(2)14(3)28-16/h7-9,17H,4-6,10-12H2,1-3H3. The number of furan rings is 1. The van der Waals surface area contributed by atoms with Crippen LogP contribution in [0.25, 0.3) is 0 Å². The summed E-state index contributed by atoms with van der Waals surface area (Å²) in [5, 5.41) is 0. The predicted octanol–water partition coefficient (Wildman–Crippen LogP) is 4.05. The fourth-order valence-corrected chi connectivity index (χ4v) is 3.21. The minimum absolute atomic E-state index is 0.00831. The first-order valence-corrected chi connectivity index (χ1v) is 9.42. The molecule has 0 amide bonds. The van der Waals surface area contributed by atoms with E-state index in [4.69, 9.17) is 13.9 Å². The Hall–Kier alpha value is -2.25. The van der Waals surface area contributed by atoms with Gasteiger partial charge in [-0.05, 0) is 37.6 Å². The van der Waals surface area contributed by atoms with Crippen LogP contribution < -0.4 is 4.74 Å². The number of carbonyl (C=O) groups is 1. The third kappa shape index (κ3) is 4.77. The molecule has 0 aliphatic carbocycles. The van der Waals surface area contributed by atoms with Crippen LogP contribution in [-0.4, -0.2) is 43.1 Å². The number of Topliss-reactive ketones (excluding diaryl/α,β-unsaturated/α-hetero) is 1. The van der Waals surface area contributed by atoms with Crippen LogP contribution in [0, 0.1) is 25.5 Å². The van der Waals surface area contributed by atoms with E-state index < -0.39 is 17.4 Å². The van der Waals surface area contributed by atoms with Gasteiger partial charge in [0, 0.05) is 25.1 Å². The van der Waals surface area contributed by atoms with Gasteiger partial charge in [-0.3, -0.25) is 9.69 Å². The Morgan fingerprint density at radius 3 is 2.57 bits per heavy atom. The summed E-state index contributed by atoms with van der Waals surface area (Å²) in [6.45, 7) is 8.03.